The van der Waals surface area contributed by atoms with E-state index in [0.29, 0.717) is 11.8 Å². The fraction of sp³-hybridized carbons (Fsp3) is 0.286. The standard InChI is InChI=1S/C14H13BrCl2S/c15-13-4-5-18-14(13)8-11(9-16)6-10-2-1-3-12(17)7-10/h1-5,7,11H,6,8-9H2. The van der Waals surface area contributed by atoms with Gasteiger partial charge in [-0.15, -0.1) is 22.9 Å². The first kappa shape index (κ1) is 14.4. The molecular formula is C14H13BrCl2S. The third kappa shape index (κ3) is 3.99. The fourth-order valence-electron chi connectivity index (χ4n) is 1.91. The number of alkyl halides is 1. The largest absolute Gasteiger partial charge is 0.148 e. The molecule has 18 heavy (non-hydrogen) atoms. The highest BCUT2D eigenvalue weighted by molar-refractivity contribution is 9.10. The molecule has 0 fully saturated rings. The molecule has 0 saturated carbocycles. The van der Waals surface area contributed by atoms with Crippen LogP contribution in [0.4, 0.5) is 0 Å². The van der Waals surface area contributed by atoms with Gasteiger partial charge in [-0.2, -0.15) is 0 Å². The molecule has 1 atom stereocenters. The van der Waals surface area contributed by atoms with Crippen molar-refractivity contribution < 1.29 is 0 Å². The molecule has 0 bridgehead atoms. The van der Waals surface area contributed by atoms with Crippen molar-refractivity contribution in [3.63, 3.8) is 0 Å². The number of thiophene rings is 1. The maximum Gasteiger partial charge on any atom is 0.0408 e. The van der Waals surface area contributed by atoms with E-state index < -0.39 is 0 Å². The van der Waals surface area contributed by atoms with E-state index in [2.05, 4.69) is 33.4 Å². The Balaban J connectivity index is 2.04. The predicted octanol–water partition coefficient (Wildman–Crippen LogP) is 5.80. The van der Waals surface area contributed by atoms with Crippen LogP contribution in [0.2, 0.25) is 5.02 Å². The lowest BCUT2D eigenvalue weighted by molar-refractivity contribution is 0.588. The van der Waals surface area contributed by atoms with Crippen LogP contribution in [0.1, 0.15) is 10.4 Å². The Morgan fingerprint density at radius 2 is 2.06 bits per heavy atom. The van der Waals surface area contributed by atoms with Gasteiger partial charge in [0.2, 0.25) is 0 Å². The smallest absolute Gasteiger partial charge is 0.0408 e. The van der Waals surface area contributed by atoms with Crippen molar-refractivity contribution in [1.82, 2.24) is 0 Å². The molecule has 0 amide bonds. The minimum absolute atomic E-state index is 0.445. The molecule has 0 aliphatic carbocycles. The molecule has 1 aromatic heterocycles. The molecule has 1 aromatic carbocycles. The molecule has 1 heterocycles. The summed E-state index contributed by atoms with van der Waals surface area (Å²) in [7, 11) is 0. The first-order chi connectivity index (χ1) is 8.69. The maximum absolute atomic E-state index is 6.08. The molecule has 96 valence electrons. The van der Waals surface area contributed by atoms with Gasteiger partial charge in [0.05, 0.1) is 0 Å². The van der Waals surface area contributed by atoms with E-state index in [-0.39, 0.29) is 0 Å². The maximum atomic E-state index is 6.08. The van der Waals surface area contributed by atoms with E-state index in [0.717, 1.165) is 17.9 Å². The summed E-state index contributed by atoms with van der Waals surface area (Å²) in [6.07, 6.45) is 1.97. The van der Waals surface area contributed by atoms with Crippen molar-refractivity contribution in [3.8, 4) is 0 Å². The van der Waals surface area contributed by atoms with Gasteiger partial charge in [0, 0.05) is 20.3 Å². The van der Waals surface area contributed by atoms with Crippen LogP contribution in [-0.2, 0) is 12.8 Å². The van der Waals surface area contributed by atoms with Crippen LogP contribution >= 0.6 is 50.5 Å². The normalized spacial score (nSPS) is 12.6. The van der Waals surface area contributed by atoms with E-state index in [1.807, 2.05) is 18.2 Å². The van der Waals surface area contributed by atoms with Crippen LogP contribution in [0.3, 0.4) is 0 Å². The number of halogens is 3. The minimum Gasteiger partial charge on any atom is -0.148 e. The first-order valence-corrected chi connectivity index (χ1v) is 8.30. The Labute approximate surface area is 130 Å². The lowest BCUT2D eigenvalue weighted by Gasteiger charge is -2.13. The number of rotatable bonds is 5. The zero-order valence-electron chi connectivity index (χ0n) is 9.70. The van der Waals surface area contributed by atoms with Gasteiger partial charge in [-0.1, -0.05) is 23.7 Å². The van der Waals surface area contributed by atoms with Crippen LogP contribution in [0.5, 0.6) is 0 Å². The highest BCUT2D eigenvalue weighted by Gasteiger charge is 2.12. The van der Waals surface area contributed by atoms with Crippen LogP contribution in [-0.4, -0.2) is 5.88 Å². The Bertz CT molecular complexity index is 510. The fourth-order valence-corrected chi connectivity index (χ4v) is 3.97. The zero-order chi connectivity index (χ0) is 13.0. The molecule has 0 N–H and O–H groups in total. The molecule has 2 rings (SSSR count). The highest BCUT2D eigenvalue weighted by Crippen LogP contribution is 2.27. The molecule has 0 nitrogen and oxygen atoms in total. The summed E-state index contributed by atoms with van der Waals surface area (Å²) < 4.78 is 1.19. The topological polar surface area (TPSA) is 0 Å². The summed E-state index contributed by atoms with van der Waals surface area (Å²) in [6.45, 7) is 0. The SMILES string of the molecule is ClCC(Cc1cccc(Cl)c1)Cc1sccc1Br. The van der Waals surface area contributed by atoms with Gasteiger partial charge < -0.3 is 0 Å². The Morgan fingerprint density at radius 3 is 2.67 bits per heavy atom. The average molecular weight is 364 g/mol. The summed E-state index contributed by atoms with van der Waals surface area (Å²) in [5, 5.41) is 2.89. The molecule has 0 aliphatic heterocycles. The molecule has 0 saturated heterocycles. The quantitative estimate of drug-likeness (QED) is 0.588. The second-order valence-electron chi connectivity index (χ2n) is 4.25. The van der Waals surface area contributed by atoms with Gasteiger partial charge >= 0.3 is 0 Å². The summed E-state index contributed by atoms with van der Waals surface area (Å²) in [6, 6.07) is 10.1. The van der Waals surface area contributed by atoms with Crippen molar-refractivity contribution in [1.29, 1.82) is 0 Å². The Hall–Kier alpha value is -0.0200. The minimum atomic E-state index is 0.445. The van der Waals surface area contributed by atoms with Crippen molar-refractivity contribution in [2.75, 3.05) is 5.88 Å². The van der Waals surface area contributed by atoms with Gasteiger partial charge in [-0.25, -0.2) is 0 Å². The second-order valence-corrected chi connectivity index (χ2v) is 6.85. The van der Waals surface area contributed by atoms with Gasteiger partial charge in [-0.3, -0.25) is 0 Å². The van der Waals surface area contributed by atoms with E-state index >= 15 is 0 Å². The molecule has 4 heteroatoms. The first-order valence-electron chi connectivity index (χ1n) is 5.71. The van der Waals surface area contributed by atoms with Crippen molar-refractivity contribution in [2.45, 2.75) is 12.8 Å². The number of hydrogen-bond donors (Lipinski definition) is 0. The Kier molecular flexibility index (Phi) is 5.56. The highest BCUT2D eigenvalue weighted by atomic mass is 79.9. The summed E-state index contributed by atoms with van der Waals surface area (Å²) >= 11 is 17.4. The van der Waals surface area contributed by atoms with Gasteiger partial charge in [0.1, 0.15) is 0 Å². The third-order valence-corrected chi connectivity index (χ3v) is 5.42. The lowest BCUT2D eigenvalue weighted by Crippen LogP contribution is -2.09. The van der Waals surface area contributed by atoms with E-state index in [9.17, 15) is 0 Å². The monoisotopic (exact) mass is 362 g/mol. The van der Waals surface area contributed by atoms with Crippen LogP contribution in [0, 0.1) is 5.92 Å². The van der Waals surface area contributed by atoms with Crippen molar-refractivity contribution >= 4 is 50.5 Å². The average Bonchev–Trinajstić information content (AvgIpc) is 2.74. The van der Waals surface area contributed by atoms with Crippen LogP contribution in [0.25, 0.3) is 0 Å². The van der Waals surface area contributed by atoms with Crippen molar-refractivity contribution in [3.05, 3.63) is 55.6 Å². The third-order valence-electron chi connectivity index (χ3n) is 2.80. The predicted molar refractivity (Wildman–Crippen MR) is 85.1 cm³/mol. The van der Waals surface area contributed by atoms with E-state index in [4.69, 9.17) is 23.2 Å². The van der Waals surface area contributed by atoms with Gasteiger partial charge in [-0.05, 0) is 63.8 Å². The zero-order valence-corrected chi connectivity index (χ0v) is 13.6. The van der Waals surface area contributed by atoms with E-state index in [1.54, 1.807) is 11.3 Å². The van der Waals surface area contributed by atoms with Crippen molar-refractivity contribution in [2.24, 2.45) is 5.92 Å². The number of benzene rings is 1. The molecule has 1 unspecified atom stereocenters. The summed E-state index contributed by atoms with van der Waals surface area (Å²) in [5.74, 6) is 1.11. The summed E-state index contributed by atoms with van der Waals surface area (Å²) in [4.78, 5) is 1.36. The molecule has 0 aliphatic rings. The van der Waals surface area contributed by atoms with Crippen LogP contribution < -0.4 is 0 Å². The van der Waals surface area contributed by atoms with Crippen LogP contribution in [0.15, 0.2) is 40.2 Å². The molecular weight excluding hydrogens is 351 g/mol. The Morgan fingerprint density at radius 1 is 1.22 bits per heavy atom. The second kappa shape index (κ2) is 6.95. The molecule has 0 radical (unpaired) electrons. The summed E-state index contributed by atoms with van der Waals surface area (Å²) in [5.41, 5.74) is 1.25. The van der Waals surface area contributed by atoms with Gasteiger partial charge in [0.15, 0.2) is 0 Å². The van der Waals surface area contributed by atoms with Gasteiger partial charge in [0.25, 0.3) is 0 Å². The number of hydrogen-bond acceptors (Lipinski definition) is 1. The molecule has 2 aromatic rings. The van der Waals surface area contributed by atoms with E-state index in [1.165, 1.54) is 14.9 Å². The lowest BCUT2D eigenvalue weighted by atomic mass is 9.97. The molecule has 0 spiro atoms.